The van der Waals surface area contributed by atoms with E-state index in [4.69, 9.17) is 4.74 Å². The Morgan fingerprint density at radius 3 is 2.50 bits per heavy atom. The van der Waals surface area contributed by atoms with E-state index in [1.54, 1.807) is 51.1 Å². The van der Waals surface area contributed by atoms with Gasteiger partial charge in [-0.25, -0.2) is 23.2 Å². The third-order valence-electron chi connectivity index (χ3n) is 5.14. The van der Waals surface area contributed by atoms with Crippen LogP contribution >= 0.6 is 0 Å². The monoisotopic (exact) mass is 458 g/mol. The average Bonchev–Trinajstić information content (AvgIpc) is 2.76. The second-order valence-corrected chi connectivity index (χ2v) is 9.39. The number of sulfonamides is 1. The van der Waals surface area contributed by atoms with Crippen molar-refractivity contribution in [1.29, 1.82) is 0 Å². The van der Waals surface area contributed by atoms with E-state index in [1.165, 1.54) is 15.3 Å². The molecule has 2 aromatic rings. The van der Waals surface area contributed by atoms with Gasteiger partial charge in [0, 0.05) is 25.7 Å². The first-order valence-electron chi connectivity index (χ1n) is 10.2. The summed E-state index contributed by atoms with van der Waals surface area (Å²) in [6, 6.07) is 7.73. The third-order valence-corrected chi connectivity index (χ3v) is 7.17. The Morgan fingerprint density at radius 2 is 1.88 bits per heavy atom. The van der Waals surface area contributed by atoms with Crippen LogP contribution in [0.25, 0.3) is 0 Å². The lowest BCUT2D eigenvalue weighted by molar-refractivity contribution is 0.0529. The molecule has 1 aromatic heterocycles. The smallest absolute Gasteiger partial charge is 0.342 e. The van der Waals surface area contributed by atoms with Gasteiger partial charge in [-0.05, 0) is 32.9 Å². The fourth-order valence-electron chi connectivity index (χ4n) is 3.68. The Hall–Kier alpha value is -3.11. The highest BCUT2D eigenvalue weighted by Crippen LogP contribution is 2.23. The number of carbonyl (C=O) groups is 2. The van der Waals surface area contributed by atoms with Gasteiger partial charge >= 0.3 is 5.97 Å². The zero-order valence-electron chi connectivity index (χ0n) is 18.3. The molecule has 0 N–H and O–H groups in total. The Labute approximate surface area is 187 Å². The van der Waals surface area contributed by atoms with E-state index in [0.29, 0.717) is 11.5 Å². The molecule has 0 radical (unpaired) electrons. The number of rotatable bonds is 6. The van der Waals surface area contributed by atoms with Gasteiger partial charge < -0.3 is 9.64 Å². The predicted molar refractivity (Wildman–Crippen MR) is 118 cm³/mol. The summed E-state index contributed by atoms with van der Waals surface area (Å²) in [5.41, 5.74) is 0.304. The van der Waals surface area contributed by atoms with Crippen LogP contribution in [-0.4, -0.2) is 71.8 Å². The molecule has 2 heterocycles. The molecule has 9 nitrogen and oxygen atoms in total. The molecule has 3 rings (SSSR count). The van der Waals surface area contributed by atoms with Crippen LogP contribution in [0.4, 0.5) is 0 Å². The second-order valence-electron chi connectivity index (χ2n) is 7.50. The van der Waals surface area contributed by atoms with Crippen LogP contribution in [0.5, 0.6) is 0 Å². The van der Waals surface area contributed by atoms with Gasteiger partial charge in [-0.15, -0.1) is 0 Å². The largest absolute Gasteiger partial charge is 0.458 e. The van der Waals surface area contributed by atoms with Crippen LogP contribution in [0.2, 0.25) is 0 Å². The van der Waals surface area contributed by atoms with E-state index in [-0.39, 0.29) is 42.4 Å². The van der Waals surface area contributed by atoms with E-state index < -0.39 is 27.9 Å². The highest BCUT2D eigenvalue weighted by Gasteiger charge is 2.37. The molecule has 0 bridgehead atoms. The minimum atomic E-state index is -3.68. The van der Waals surface area contributed by atoms with Crippen molar-refractivity contribution >= 4 is 21.9 Å². The first-order chi connectivity index (χ1) is 15.2. The Bertz CT molecular complexity index is 1130. The van der Waals surface area contributed by atoms with Crippen molar-refractivity contribution in [3.05, 3.63) is 65.8 Å². The quantitative estimate of drug-likeness (QED) is 0.481. The number of ether oxygens (including phenoxy) is 1. The van der Waals surface area contributed by atoms with Gasteiger partial charge in [0.15, 0.2) is 0 Å². The van der Waals surface area contributed by atoms with E-state index in [0.717, 1.165) is 0 Å². The van der Waals surface area contributed by atoms with Gasteiger partial charge in [0.05, 0.1) is 10.6 Å². The minimum absolute atomic E-state index is 0.00711. The number of hydrogen-bond acceptors (Lipinski definition) is 7. The molecule has 170 valence electrons. The number of piperazine rings is 1. The number of amides is 1. The van der Waals surface area contributed by atoms with E-state index in [1.807, 2.05) is 0 Å². The number of aryl methyl sites for hydroxylation is 2. The summed E-state index contributed by atoms with van der Waals surface area (Å²) in [7, 11) is -3.68. The maximum atomic E-state index is 13.3. The molecule has 32 heavy (non-hydrogen) atoms. The standard InChI is InChI=1S/C22H26N4O5S/c1-5-13-31-22(28)19-16(3)23-17(4)24-20(19)21(27)25-11-12-26(15(2)14-25)32(29,30)18-9-7-6-8-10-18/h5-10,15H,1,11-14H2,2-4H3. The lowest BCUT2D eigenvalue weighted by Crippen LogP contribution is -2.55. The van der Waals surface area contributed by atoms with Crippen LogP contribution in [0.1, 0.15) is 39.3 Å². The van der Waals surface area contributed by atoms with Crippen molar-refractivity contribution in [1.82, 2.24) is 19.2 Å². The summed E-state index contributed by atoms with van der Waals surface area (Å²) in [6.07, 6.45) is 1.43. The topological polar surface area (TPSA) is 110 Å². The van der Waals surface area contributed by atoms with Crippen molar-refractivity contribution in [3.63, 3.8) is 0 Å². The van der Waals surface area contributed by atoms with Crippen molar-refractivity contribution in [2.75, 3.05) is 26.2 Å². The van der Waals surface area contributed by atoms with Crippen LogP contribution in [0, 0.1) is 13.8 Å². The Morgan fingerprint density at radius 1 is 1.19 bits per heavy atom. The van der Waals surface area contributed by atoms with Gasteiger partial charge in [-0.2, -0.15) is 4.31 Å². The summed E-state index contributed by atoms with van der Waals surface area (Å²) in [5, 5.41) is 0. The van der Waals surface area contributed by atoms with Crippen molar-refractivity contribution < 1.29 is 22.7 Å². The first kappa shape index (κ1) is 23.6. The summed E-state index contributed by atoms with van der Waals surface area (Å²) in [4.78, 5) is 36.0. The highest BCUT2D eigenvalue weighted by atomic mass is 32.2. The fraction of sp³-hybridized carbons (Fsp3) is 0.364. The molecule has 0 saturated carbocycles. The zero-order chi connectivity index (χ0) is 23.5. The molecule has 1 fully saturated rings. The molecule has 0 aliphatic carbocycles. The van der Waals surface area contributed by atoms with Gasteiger partial charge in [-0.3, -0.25) is 4.79 Å². The lowest BCUT2D eigenvalue weighted by atomic mass is 10.1. The average molecular weight is 459 g/mol. The molecule has 1 aliphatic heterocycles. The maximum absolute atomic E-state index is 13.3. The molecule has 1 unspecified atom stereocenters. The van der Waals surface area contributed by atoms with E-state index >= 15 is 0 Å². The van der Waals surface area contributed by atoms with Crippen molar-refractivity contribution in [2.24, 2.45) is 0 Å². The van der Waals surface area contributed by atoms with Crippen LogP contribution in [0.3, 0.4) is 0 Å². The molecule has 1 aromatic carbocycles. The molecule has 1 amide bonds. The van der Waals surface area contributed by atoms with Gasteiger partial charge in [0.1, 0.15) is 23.7 Å². The lowest BCUT2D eigenvalue weighted by Gasteiger charge is -2.38. The van der Waals surface area contributed by atoms with Crippen molar-refractivity contribution in [3.8, 4) is 0 Å². The van der Waals surface area contributed by atoms with Crippen LogP contribution < -0.4 is 0 Å². The number of esters is 1. The first-order valence-corrected chi connectivity index (χ1v) is 11.6. The summed E-state index contributed by atoms with van der Waals surface area (Å²) >= 11 is 0. The third kappa shape index (κ3) is 4.71. The van der Waals surface area contributed by atoms with E-state index in [2.05, 4.69) is 16.5 Å². The van der Waals surface area contributed by atoms with Gasteiger partial charge in [0.25, 0.3) is 5.91 Å². The molecule has 0 spiro atoms. The summed E-state index contributed by atoms with van der Waals surface area (Å²) in [5.74, 6) is -0.818. The van der Waals surface area contributed by atoms with Crippen LogP contribution in [0.15, 0.2) is 47.9 Å². The van der Waals surface area contributed by atoms with Crippen LogP contribution in [-0.2, 0) is 14.8 Å². The normalized spacial score (nSPS) is 17.1. The molecule has 1 atom stereocenters. The summed E-state index contributed by atoms with van der Waals surface area (Å²) < 4.78 is 32.5. The molecular formula is C22H26N4O5S. The Kier molecular flexibility index (Phi) is 7.05. The molecule has 1 aliphatic rings. The van der Waals surface area contributed by atoms with E-state index in [9.17, 15) is 18.0 Å². The number of carbonyl (C=O) groups excluding carboxylic acids is 2. The minimum Gasteiger partial charge on any atom is -0.458 e. The Balaban J connectivity index is 1.85. The van der Waals surface area contributed by atoms with Gasteiger partial charge in [-0.1, -0.05) is 30.9 Å². The van der Waals surface area contributed by atoms with Crippen molar-refractivity contribution in [2.45, 2.75) is 31.7 Å². The number of benzene rings is 1. The number of nitrogens with zero attached hydrogens (tertiary/aromatic N) is 4. The number of hydrogen-bond donors (Lipinski definition) is 0. The van der Waals surface area contributed by atoms with Gasteiger partial charge in [0.2, 0.25) is 10.0 Å². The summed E-state index contributed by atoms with van der Waals surface area (Å²) in [6.45, 7) is 8.96. The second kappa shape index (κ2) is 9.58. The fourth-order valence-corrected chi connectivity index (χ4v) is 5.31. The number of aromatic nitrogens is 2. The molecule has 10 heteroatoms. The molecular weight excluding hydrogens is 432 g/mol. The molecule has 1 saturated heterocycles. The maximum Gasteiger partial charge on any atom is 0.342 e. The highest BCUT2D eigenvalue weighted by molar-refractivity contribution is 7.89. The predicted octanol–water partition coefficient (Wildman–Crippen LogP) is 1.97. The SMILES string of the molecule is C=CCOC(=O)c1c(C)nc(C)nc1C(=O)N1CCN(S(=O)(=O)c2ccccc2)C(C)C1. The zero-order valence-corrected chi connectivity index (χ0v) is 19.1.